The van der Waals surface area contributed by atoms with Gasteiger partial charge in [0.1, 0.15) is 6.29 Å². The van der Waals surface area contributed by atoms with Gasteiger partial charge in [-0.05, 0) is 33.4 Å². The highest BCUT2D eigenvalue weighted by Crippen LogP contribution is 2.48. The molecule has 22 heavy (non-hydrogen) atoms. The molecular weight excluding hydrogens is 268 g/mol. The van der Waals surface area contributed by atoms with Gasteiger partial charge in [0.05, 0.1) is 0 Å². The first-order valence-corrected chi connectivity index (χ1v) is 7.57. The molecular formula is C21H16O. The van der Waals surface area contributed by atoms with Crippen LogP contribution in [0.2, 0.25) is 0 Å². The van der Waals surface area contributed by atoms with Gasteiger partial charge in [-0.3, -0.25) is 4.79 Å². The lowest BCUT2D eigenvalue weighted by molar-refractivity contribution is 0.112. The number of rotatable bonds is 2. The molecule has 106 valence electrons. The van der Waals surface area contributed by atoms with Gasteiger partial charge in [-0.2, -0.15) is 0 Å². The fourth-order valence-corrected chi connectivity index (χ4v) is 3.53. The van der Waals surface area contributed by atoms with Crippen molar-refractivity contribution in [2.45, 2.75) is 12.8 Å². The van der Waals surface area contributed by atoms with Crippen molar-refractivity contribution in [3.8, 4) is 22.3 Å². The summed E-state index contributed by atoms with van der Waals surface area (Å²) < 4.78 is 0. The van der Waals surface area contributed by atoms with E-state index in [1.807, 2.05) is 24.3 Å². The third kappa shape index (κ3) is 1.82. The number of aldehydes is 1. The average Bonchev–Trinajstić information content (AvgIpc) is 2.89. The van der Waals surface area contributed by atoms with Gasteiger partial charge in [0.25, 0.3) is 0 Å². The summed E-state index contributed by atoms with van der Waals surface area (Å²) in [6, 6.07) is 23.0. The lowest BCUT2D eigenvalue weighted by Crippen LogP contribution is -1.93. The minimum Gasteiger partial charge on any atom is -0.298 e. The Morgan fingerprint density at radius 2 is 1.45 bits per heavy atom. The predicted molar refractivity (Wildman–Crippen MR) is 90.2 cm³/mol. The second-order valence-corrected chi connectivity index (χ2v) is 5.82. The molecule has 1 atom stereocenters. The van der Waals surface area contributed by atoms with Crippen LogP contribution in [-0.4, -0.2) is 6.29 Å². The SMILES string of the molecule is CC1c2ccccc2-c2cccc(-c3ccc(C=O)cc3)c21. The molecule has 4 rings (SSSR count). The lowest BCUT2D eigenvalue weighted by Gasteiger charge is -2.13. The maximum Gasteiger partial charge on any atom is 0.150 e. The van der Waals surface area contributed by atoms with Crippen LogP contribution in [0.4, 0.5) is 0 Å². The van der Waals surface area contributed by atoms with E-state index in [0.29, 0.717) is 11.5 Å². The summed E-state index contributed by atoms with van der Waals surface area (Å²) >= 11 is 0. The normalized spacial score (nSPS) is 15.2. The Morgan fingerprint density at radius 1 is 0.773 bits per heavy atom. The van der Waals surface area contributed by atoms with Crippen LogP contribution >= 0.6 is 0 Å². The molecule has 0 saturated heterocycles. The van der Waals surface area contributed by atoms with Gasteiger partial charge in [0, 0.05) is 11.5 Å². The summed E-state index contributed by atoms with van der Waals surface area (Å²) in [5, 5.41) is 0. The van der Waals surface area contributed by atoms with Crippen LogP contribution in [0.15, 0.2) is 66.7 Å². The zero-order valence-corrected chi connectivity index (χ0v) is 12.4. The summed E-state index contributed by atoms with van der Waals surface area (Å²) in [6.45, 7) is 2.27. The van der Waals surface area contributed by atoms with Crippen LogP contribution in [0.25, 0.3) is 22.3 Å². The smallest absolute Gasteiger partial charge is 0.150 e. The number of fused-ring (bicyclic) bond motifs is 3. The van der Waals surface area contributed by atoms with E-state index in [1.54, 1.807) is 0 Å². The maximum absolute atomic E-state index is 10.8. The lowest BCUT2D eigenvalue weighted by atomic mass is 9.90. The van der Waals surface area contributed by atoms with Crippen molar-refractivity contribution in [3.05, 3.63) is 83.4 Å². The second-order valence-electron chi connectivity index (χ2n) is 5.82. The third-order valence-corrected chi connectivity index (χ3v) is 4.61. The largest absolute Gasteiger partial charge is 0.298 e. The van der Waals surface area contributed by atoms with Crippen LogP contribution in [0.5, 0.6) is 0 Å². The number of benzene rings is 3. The molecule has 1 nitrogen and oxygen atoms in total. The highest BCUT2D eigenvalue weighted by atomic mass is 16.1. The van der Waals surface area contributed by atoms with E-state index < -0.39 is 0 Å². The highest BCUT2D eigenvalue weighted by Gasteiger charge is 2.27. The number of hydrogen-bond donors (Lipinski definition) is 0. The topological polar surface area (TPSA) is 17.1 Å². The van der Waals surface area contributed by atoms with E-state index in [-0.39, 0.29) is 0 Å². The second kappa shape index (κ2) is 4.96. The molecule has 0 N–H and O–H groups in total. The first kappa shape index (κ1) is 13.0. The Morgan fingerprint density at radius 3 is 2.23 bits per heavy atom. The van der Waals surface area contributed by atoms with Crippen LogP contribution in [0.1, 0.15) is 34.3 Å². The number of hydrogen-bond acceptors (Lipinski definition) is 1. The summed E-state index contributed by atoms with van der Waals surface area (Å²) in [6.07, 6.45) is 0.887. The molecule has 0 aromatic heterocycles. The van der Waals surface area contributed by atoms with Gasteiger partial charge in [0.15, 0.2) is 0 Å². The molecule has 0 aliphatic heterocycles. The molecule has 0 bridgehead atoms. The molecule has 1 aliphatic rings. The molecule has 1 heteroatoms. The Balaban J connectivity index is 1.92. The third-order valence-electron chi connectivity index (χ3n) is 4.61. The first-order valence-electron chi connectivity index (χ1n) is 7.57. The Kier molecular flexibility index (Phi) is 2.93. The predicted octanol–water partition coefficient (Wildman–Crippen LogP) is 5.30. The maximum atomic E-state index is 10.8. The summed E-state index contributed by atoms with van der Waals surface area (Å²) in [5.74, 6) is 0.396. The van der Waals surface area contributed by atoms with Crippen molar-refractivity contribution in [2.24, 2.45) is 0 Å². The van der Waals surface area contributed by atoms with Gasteiger partial charge >= 0.3 is 0 Å². The fourth-order valence-electron chi connectivity index (χ4n) is 3.53. The van der Waals surface area contributed by atoms with E-state index in [0.717, 1.165) is 6.29 Å². The minimum absolute atomic E-state index is 0.396. The molecule has 0 fully saturated rings. The van der Waals surface area contributed by atoms with Gasteiger partial charge in [-0.25, -0.2) is 0 Å². The van der Waals surface area contributed by atoms with Crippen molar-refractivity contribution < 1.29 is 4.79 Å². The molecule has 1 unspecified atom stereocenters. The van der Waals surface area contributed by atoms with Gasteiger partial charge < -0.3 is 0 Å². The van der Waals surface area contributed by atoms with Crippen molar-refractivity contribution in [1.82, 2.24) is 0 Å². The van der Waals surface area contributed by atoms with Crippen LogP contribution in [-0.2, 0) is 0 Å². The van der Waals surface area contributed by atoms with E-state index in [2.05, 4.69) is 49.4 Å². The number of carbonyl (C=O) groups is 1. The molecule has 0 spiro atoms. The Bertz CT molecular complexity index is 859. The van der Waals surface area contributed by atoms with Gasteiger partial charge in [0.2, 0.25) is 0 Å². The standard InChI is InChI=1S/C21H16O/c1-14-17-5-2-3-6-19(17)20-8-4-7-18(21(14)20)16-11-9-15(13-22)10-12-16/h2-14H,1H3. The summed E-state index contributed by atoms with van der Waals surface area (Å²) in [4.78, 5) is 10.8. The van der Waals surface area contributed by atoms with Crippen LogP contribution < -0.4 is 0 Å². The van der Waals surface area contributed by atoms with Crippen molar-refractivity contribution >= 4 is 6.29 Å². The molecule has 3 aromatic rings. The van der Waals surface area contributed by atoms with E-state index >= 15 is 0 Å². The van der Waals surface area contributed by atoms with Crippen LogP contribution in [0.3, 0.4) is 0 Å². The zero-order valence-electron chi connectivity index (χ0n) is 12.4. The number of carbonyl (C=O) groups excluding carboxylic acids is 1. The van der Waals surface area contributed by atoms with Crippen molar-refractivity contribution in [3.63, 3.8) is 0 Å². The van der Waals surface area contributed by atoms with Gasteiger partial charge in [-0.15, -0.1) is 0 Å². The van der Waals surface area contributed by atoms with Gasteiger partial charge in [-0.1, -0.05) is 73.7 Å². The Labute approximate surface area is 130 Å². The monoisotopic (exact) mass is 284 g/mol. The van der Waals surface area contributed by atoms with Crippen molar-refractivity contribution in [2.75, 3.05) is 0 Å². The Hall–Kier alpha value is -2.67. The van der Waals surface area contributed by atoms with Crippen molar-refractivity contribution in [1.29, 1.82) is 0 Å². The molecule has 0 radical (unpaired) electrons. The minimum atomic E-state index is 0.396. The molecule has 0 amide bonds. The molecule has 3 aromatic carbocycles. The highest BCUT2D eigenvalue weighted by molar-refractivity contribution is 5.87. The fraction of sp³-hybridized carbons (Fsp3) is 0.0952. The van der Waals surface area contributed by atoms with E-state index in [4.69, 9.17) is 0 Å². The molecule has 0 heterocycles. The summed E-state index contributed by atoms with van der Waals surface area (Å²) in [5.41, 5.74) is 8.61. The average molecular weight is 284 g/mol. The quantitative estimate of drug-likeness (QED) is 0.584. The molecule has 1 aliphatic carbocycles. The molecule has 0 saturated carbocycles. The van der Waals surface area contributed by atoms with E-state index in [1.165, 1.54) is 33.4 Å². The first-order chi connectivity index (χ1) is 10.8. The van der Waals surface area contributed by atoms with E-state index in [9.17, 15) is 4.79 Å². The zero-order chi connectivity index (χ0) is 15.1. The van der Waals surface area contributed by atoms with Crippen LogP contribution in [0, 0.1) is 0 Å². The summed E-state index contributed by atoms with van der Waals surface area (Å²) in [7, 11) is 0.